The molecule has 10 nitrogen and oxygen atoms in total. The van der Waals surface area contributed by atoms with E-state index in [1.807, 2.05) is 6.92 Å². The van der Waals surface area contributed by atoms with Gasteiger partial charge in [-0.1, -0.05) is 22.9 Å². The molecule has 1 atom stereocenters. The first kappa shape index (κ1) is 26.4. The molecule has 35 heavy (non-hydrogen) atoms. The van der Waals surface area contributed by atoms with Crippen molar-refractivity contribution in [2.75, 3.05) is 19.8 Å². The molecule has 2 N–H and O–H groups in total. The van der Waals surface area contributed by atoms with E-state index < -0.39 is 32.0 Å². The van der Waals surface area contributed by atoms with Gasteiger partial charge in [0, 0.05) is 19.7 Å². The van der Waals surface area contributed by atoms with E-state index >= 15 is 0 Å². The number of primary sulfonamides is 1. The Morgan fingerprint density at radius 1 is 1.23 bits per heavy atom. The number of nitrogens with zero attached hydrogens (tertiary/aromatic N) is 3. The topological polar surface area (TPSA) is 141 Å². The summed E-state index contributed by atoms with van der Waals surface area (Å²) in [6.07, 6.45) is 0.874. The number of thiazole rings is 1. The third-order valence-electron chi connectivity index (χ3n) is 5.45. The molecule has 0 aliphatic carbocycles. The predicted molar refractivity (Wildman–Crippen MR) is 134 cm³/mol. The Balaban J connectivity index is 1.74. The van der Waals surface area contributed by atoms with Crippen LogP contribution >= 0.6 is 34.3 Å². The van der Waals surface area contributed by atoms with Gasteiger partial charge in [-0.15, -0.1) is 11.3 Å². The van der Waals surface area contributed by atoms with Gasteiger partial charge in [-0.25, -0.2) is 22.0 Å². The lowest BCUT2D eigenvalue weighted by molar-refractivity contribution is -0.121. The monoisotopic (exact) mass is 578 g/mol. The quantitative estimate of drug-likeness (QED) is 0.407. The molecule has 1 fully saturated rings. The number of carbonyl (C=O) groups is 1. The van der Waals surface area contributed by atoms with E-state index in [-0.39, 0.29) is 15.6 Å². The first-order valence-electron chi connectivity index (χ1n) is 10.6. The van der Waals surface area contributed by atoms with Gasteiger partial charge in [-0.3, -0.25) is 4.79 Å². The average molecular weight is 579 g/mol. The molecule has 1 saturated heterocycles. The number of thiophene rings is 1. The van der Waals surface area contributed by atoms with Crippen LogP contribution in [0.3, 0.4) is 0 Å². The second-order valence-electron chi connectivity index (χ2n) is 7.69. The lowest BCUT2D eigenvalue weighted by Crippen LogP contribution is -2.40. The van der Waals surface area contributed by atoms with E-state index in [9.17, 15) is 21.6 Å². The molecule has 1 unspecified atom stereocenters. The number of carbonyl (C=O) groups excluding carboxylic acids is 1. The maximum atomic E-state index is 13.2. The molecule has 0 spiro atoms. The summed E-state index contributed by atoms with van der Waals surface area (Å²) < 4.78 is 59.2. The van der Waals surface area contributed by atoms with Crippen molar-refractivity contribution in [2.45, 2.75) is 41.5 Å². The maximum absolute atomic E-state index is 13.2. The molecule has 0 saturated carbocycles. The molecule has 1 aliphatic rings. The van der Waals surface area contributed by atoms with Crippen LogP contribution in [0.5, 0.6) is 0 Å². The van der Waals surface area contributed by atoms with E-state index in [4.69, 9.17) is 21.5 Å². The van der Waals surface area contributed by atoms with Crippen molar-refractivity contribution in [1.82, 2.24) is 8.87 Å². The van der Waals surface area contributed by atoms with Gasteiger partial charge in [0.1, 0.15) is 10.3 Å². The van der Waals surface area contributed by atoms with Crippen molar-refractivity contribution in [3.63, 3.8) is 0 Å². The zero-order chi connectivity index (χ0) is 25.4. The number of hydrogen-bond acceptors (Lipinski definition) is 8. The highest BCUT2D eigenvalue weighted by Gasteiger charge is 2.40. The normalized spacial score (nSPS) is 18.0. The fraction of sp³-hybridized carbons (Fsp3) is 0.400. The van der Waals surface area contributed by atoms with Gasteiger partial charge in [-0.05, 0) is 50.1 Å². The summed E-state index contributed by atoms with van der Waals surface area (Å²) in [5.74, 6) is -0.586. The highest BCUT2D eigenvalue weighted by molar-refractivity contribution is 7.91. The Morgan fingerprint density at radius 3 is 2.66 bits per heavy atom. The van der Waals surface area contributed by atoms with Crippen molar-refractivity contribution >= 4 is 70.4 Å². The highest BCUT2D eigenvalue weighted by Crippen LogP contribution is 2.32. The minimum atomic E-state index is -3.91. The van der Waals surface area contributed by atoms with Crippen molar-refractivity contribution in [1.29, 1.82) is 0 Å². The third kappa shape index (κ3) is 5.54. The van der Waals surface area contributed by atoms with Gasteiger partial charge in [0.15, 0.2) is 4.80 Å². The van der Waals surface area contributed by atoms with E-state index in [1.165, 1.54) is 28.6 Å². The molecule has 3 heterocycles. The summed E-state index contributed by atoms with van der Waals surface area (Å²) in [7, 11) is -7.81. The highest BCUT2D eigenvalue weighted by atomic mass is 35.5. The minimum absolute atomic E-state index is 0.0521. The summed E-state index contributed by atoms with van der Waals surface area (Å²) in [4.78, 5) is 17.8. The third-order valence-corrected chi connectivity index (χ3v) is 11.0. The summed E-state index contributed by atoms with van der Waals surface area (Å²) >= 11 is 7.98. The van der Waals surface area contributed by atoms with E-state index in [2.05, 4.69) is 4.99 Å². The van der Waals surface area contributed by atoms with Crippen LogP contribution in [0.25, 0.3) is 10.2 Å². The molecule has 1 aliphatic heterocycles. The number of amides is 1. The first-order chi connectivity index (χ1) is 16.5. The average Bonchev–Trinajstić information content (AvgIpc) is 3.52. The first-order valence-corrected chi connectivity index (χ1v) is 15.6. The van der Waals surface area contributed by atoms with Crippen molar-refractivity contribution in [3.8, 4) is 0 Å². The number of fused-ring (bicyclic) bond motifs is 1. The SMILES string of the molecule is CCOCCn1c(=NC(=O)C2CCCN2S(=O)(=O)c2ccc(Cl)s2)sc2cc(S(N)(=O)=O)ccc21. The zero-order valence-electron chi connectivity index (χ0n) is 18.6. The lowest BCUT2D eigenvalue weighted by Gasteiger charge is -2.20. The Kier molecular flexibility index (Phi) is 7.83. The number of hydrogen-bond donors (Lipinski definition) is 1. The Bertz CT molecular complexity index is 1540. The van der Waals surface area contributed by atoms with Crippen molar-refractivity contribution in [3.05, 3.63) is 39.5 Å². The number of ether oxygens (including phenoxy) is 1. The number of halogens is 1. The summed E-state index contributed by atoms with van der Waals surface area (Å²) in [6, 6.07) is 6.42. The second kappa shape index (κ2) is 10.4. The predicted octanol–water partition coefficient (Wildman–Crippen LogP) is 2.38. The van der Waals surface area contributed by atoms with Crippen LogP contribution in [-0.2, 0) is 36.1 Å². The van der Waals surface area contributed by atoms with Crippen LogP contribution in [0.15, 0.2) is 44.4 Å². The van der Waals surface area contributed by atoms with Crippen molar-refractivity contribution in [2.24, 2.45) is 10.1 Å². The molecule has 0 radical (unpaired) electrons. The zero-order valence-corrected chi connectivity index (χ0v) is 22.6. The molecular weight excluding hydrogens is 556 g/mol. The lowest BCUT2D eigenvalue weighted by atomic mass is 10.2. The van der Waals surface area contributed by atoms with Gasteiger partial charge in [-0.2, -0.15) is 9.30 Å². The van der Waals surface area contributed by atoms with Gasteiger partial charge >= 0.3 is 0 Å². The Labute approximate surface area is 215 Å². The Hall–Kier alpha value is -1.65. The van der Waals surface area contributed by atoms with Gasteiger partial charge in [0.05, 0.1) is 26.1 Å². The molecule has 15 heteroatoms. The molecule has 1 aromatic carbocycles. The van der Waals surface area contributed by atoms with E-state index in [1.54, 1.807) is 10.6 Å². The molecule has 1 amide bonds. The number of rotatable bonds is 8. The maximum Gasteiger partial charge on any atom is 0.266 e. The van der Waals surface area contributed by atoms with E-state index in [0.717, 1.165) is 22.7 Å². The largest absolute Gasteiger partial charge is 0.380 e. The van der Waals surface area contributed by atoms with Crippen LogP contribution in [0, 0.1) is 0 Å². The fourth-order valence-corrected chi connectivity index (χ4v) is 8.81. The van der Waals surface area contributed by atoms with Gasteiger partial charge in [0.25, 0.3) is 15.9 Å². The molecule has 2 aromatic heterocycles. The number of sulfonamides is 2. The Morgan fingerprint density at radius 2 is 2.00 bits per heavy atom. The standard InChI is InChI=1S/C20H23ClN4O6S4/c1-2-31-11-10-24-14-6-5-13(34(22,27)28)12-16(14)32-20(24)23-19(26)15-4-3-9-25(15)35(29,30)18-8-7-17(21)33-18/h5-8,12,15H,2-4,9-11H2,1H3,(H2,22,27,28). The van der Waals surface area contributed by atoms with Gasteiger partial charge < -0.3 is 9.30 Å². The number of aromatic nitrogens is 1. The molecule has 4 rings (SSSR count). The summed E-state index contributed by atoms with van der Waals surface area (Å²) in [5.41, 5.74) is 0.665. The second-order valence-corrected chi connectivity index (χ2v) is 14.1. The molecule has 190 valence electrons. The van der Waals surface area contributed by atoms with E-state index in [0.29, 0.717) is 52.0 Å². The van der Waals surface area contributed by atoms with Gasteiger partial charge in [0.2, 0.25) is 10.0 Å². The molecule has 3 aromatic rings. The van der Waals surface area contributed by atoms with Crippen LogP contribution in [0.1, 0.15) is 19.8 Å². The van der Waals surface area contributed by atoms with Crippen LogP contribution in [-0.4, -0.2) is 57.4 Å². The fourth-order valence-electron chi connectivity index (χ4n) is 3.83. The molecule has 0 bridgehead atoms. The summed E-state index contributed by atoms with van der Waals surface area (Å²) in [6.45, 7) is 3.29. The molecular formula is C20H23ClN4O6S4. The van der Waals surface area contributed by atoms with Crippen LogP contribution in [0.2, 0.25) is 4.34 Å². The van der Waals surface area contributed by atoms with Crippen molar-refractivity contribution < 1.29 is 26.4 Å². The van der Waals surface area contributed by atoms with Crippen LogP contribution in [0.4, 0.5) is 0 Å². The number of benzene rings is 1. The van der Waals surface area contributed by atoms with Crippen LogP contribution < -0.4 is 9.94 Å². The smallest absolute Gasteiger partial charge is 0.266 e. The number of nitrogens with two attached hydrogens (primary N) is 1. The summed E-state index contributed by atoms with van der Waals surface area (Å²) in [5, 5.41) is 5.26. The minimum Gasteiger partial charge on any atom is -0.380 e.